The van der Waals surface area contributed by atoms with Gasteiger partial charge in [-0.15, -0.1) is 0 Å². The Hall–Kier alpha value is -0.920. The molecule has 0 aromatic heterocycles. The maximum atomic E-state index is 13.8. The van der Waals surface area contributed by atoms with Crippen LogP contribution in [-0.2, 0) is 28.5 Å². The van der Waals surface area contributed by atoms with E-state index < -0.39 is 6.17 Å². The molecular formula is C27H55FN4O6. The zero-order valence-electron chi connectivity index (χ0n) is 24.4. The van der Waals surface area contributed by atoms with E-state index >= 15 is 0 Å². The predicted molar refractivity (Wildman–Crippen MR) is 147 cm³/mol. The average Bonchev–Trinajstić information content (AvgIpc) is 2.92. The summed E-state index contributed by atoms with van der Waals surface area (Å²) in [6.45, 7) is 19.8. The molecule has 1 rings (SSSR count). The van der Waals surface area contributed by atoms with Crippen LogP contribution in [0.4, 0.5) is 4.39 Å². The number of piperazine rings is 1. The van der Waals surface area contributed by atoms with Gasteiger partial charge in [0.15, 0.2) is 0 Å². The fourth-order valence-electron chi connectivity index (χ4n) is 3.59. The molecular weight excluding hydrogens is 495 g/mol. The molecule has 226 valence electrons. The summed E-state index contributed by atoms with van der Waals surface area (Å²) in [4.78, 5) is 16.2. The lowest BCUT2D eigenvalue weighted by molar-refractivity contribution is -0.124. The highest BCUT2D eigenvalue weighted by Crippen LogP contribution is 2.02. The quantitative estimate of drug-likeness (QED) is 0.163. The molecule has 0 spiro atoms. The second-order valence-corrected chi connectivity index (χ2v) is 9.97. The number of nitrogens with one attached hydrogen (secondary N) is 2. The first-order valence-electron chi connectivity index (χ1n) is 14.4. The third kappa shape index (κ3) is 20.0. The lowest BCUT2D eigenvalue weighted by Gasteiger charge is -2.34. The van der Waals surface area contributed by atoms with Crippen LogP contribution in [0.5, 0.6) is 0 Å². The largest absolute Gasteiger partial charge is 0.378 e. The molecule has 0 bridgehead atoms. The molecule has 0 saturated carbocycles. The predicted octanol–water partition coefficient (Wildman–Crippen LogP) is 1.19. The van der Waals surface area contributed by atoms with Gasteiger partial charge in [-0.05, 0) is 13.3 Å². The summed E-state index contributed by atoms with van der Waals surface area (Å²) in [7, 11) is 0. The van der Waals surface area contributed by atoms with Gasteiger partial charge in [-0.3, -0.25) is 14.6 Å². The number of amides is 1. The summed E-state index contributed by atoms with van der Waals surface area (Å²) in [6, 6.07) is 0.534. The van der Waals surface area contributed by atoms with Gasteiger partial charge in [-0.1, -0.05) is 20.8 Å². The van der Waals surface area contributed by atoms with E-state index in [1.54, 1.807) is 13.8 Å². The second kappa shape index (κ2) is 23.9. The lowest BCUT2D eigenvalue weighted by atomic mass is 10.2. The van der Waals surface area contributed by atoms with Gasteiger partial charge in [0.2, 0.25) is 5.91 Å². The molecule has 2 unspecified atom stereocenters. The number of halogens is 1. The van der Waals surface area contributed by atoms with E-state index in [-0.39, 0.29) is 25.0 Å². The van der Waals surface area contributed by atoms with Crippen molar-refractivity contribution >= 4 is 5.91 Å². The molecule has 0 aromatic rings. The number of hydrogen-bond donors (Lipinski definition) is 2. The fraction of sp³-hybridized carbons (Fsp3) is 0.963. The van der Waals surface area contributed by atoms with E-state index in [2.05, 4.69) is 34.3 Å². The van der Waals surface area contributed by atoms with E-state index in [0.717, 1.165) is 52.2 Å². The number of rotatable bonds is 25. The van der Waals surface area contributed by atoms with Crippen LogP contribution in [0.15, 0.2) is 0 Å². The maximum absolute atomic E-state index is 13.8. The van der Waals surface area contributed by atoms with E-state index in [0.29, 0.717) is 65.5 Å². The van der Waals surface area contributed by atoms with Crippen molar-refractivity contribution < 1.29 is 32.9 Å². The first-order chi connectivity index (χ1) is 18.4. The van der Waals surface area contributed by atoms with Crippen molar-refractivity contribution in [3.05, 3.63) is 0 Å². The van der Waals surface area contributed by atoms with Crippen molar-refractivity contribution in [2.75, 3.05) is 118 Å². The van der Waals surface area contributed by atoms with Gasteiger partial charge in [-0.25, -0.2) is 4.39 Å². The topological polar surface area (TPSA) is 93.8 Å². The highest BCUT2D eigenvalue weighted by molar-refractivity contribution is 5.77. The number of ether oxygens (including phenoxy) is 5. The van der Waals surface area contributed by atoms with Gasteiger partial charge in [0, 0.05) is 57.8 Å². The molecule has 1 aliphatic heterocycles. The molecule has 2 N–H and O–H groups in total. The van der Waals surface area contributed by atoms with Crippen LogP contribution in [0.25, 0.3) is 0 Å². The number of alkyl halides is 1. The van der Waals surface area contributed by atoms with E-state index in [1.807, 2.05) is 0 Å². The van der Waals surface area contributed by atoms with Gasteiger partial charge >= 0.3 is 0 Å². The third-order valence-electron chi connectivity index (χ3n) is 6.36. The van der Waals surface area contributed by atoms with Crippen LogP contribution in [0.1, 0.15) is 34.1 Å². The highest BCUT2D eigenvalue weighted by atomic mass is 19.1. The Bertz CT molecular complexity index is 556. The average molecular weight is 551 g/mol. The van der Waals surface area contributed by atoms with Gasteiger partial charge in [-0.2, -0.15) is 0 Å². The van der Waals surface area contributed by atoms with Gasteiger partial charge in [0.05, 0.1) is 72.6 Å². The minimum Gasteiger partial charge on any atom is -0.378 e. The summed E-state index contributed by atoms with van der Waals surface area (Å²) in [6.07, 6.45) is -0.0518. The van der Waals surface area contributed by atoms with Crippen LogP contribution in [0.2, 0.25) is 0 Å². The zero-order valence-corrected chi connectivity index (χ0v) is 24.4. The minimum atomic E-state index is -1.18. The van der Waals surface area contributed by atoms with Crippen LogP contribution < -0.4 is 10.6 Å². The van der Waals surface area contributed by atoms with Crippen molar-refractivity contribution in [3.63, 3.8) is 0 Å². The molecule has 0 aliphatic carbocycles. The van der Waals surface area contributed by atoms with Gasteiger partial charge < -0.3 is 34.3 Å². The number of hydrogen-bond acceptors (Lipinski definition) is 9. The Labute approximate surface area is 230 Å². The summed E-state index contributed by atoms with van der Waals surface area (Å²) >= 11 is 0. The Balaban J connectivity index is 1.82. The van der Waals surface area contributed by atoms with E-state index in [1.165, 1.54) is 0 Å². The van der Waals surface area contributed by atoms with Crippen molar-refractivity contribution in [2.24, 2.45) is 5.92 Å². The number of carbonyl (C=O) groups excluding carboxylic acids is 1. The fourth-order valence-corrected chi connectivity index (χ4v) is 3.59. The third-order valence-corrected chi connectivity index (χ3v) is 6.36. The molecule has 1 heterocycles. The first kappa shape index (κ1) is 35.1. The van der Waals surface area contributed by atoms with E-state index in [4.69, 9.17) is 23.7 Å². The molecule has 1 saturated heterocycles. The van der Waals surface area contributed by atoms with Gasteiger partial charge in [0.1, 0.15) is 6.17 Å². The van der Waals surface area contributed by atoms with Crippen LogP contribution in [-0.4, -0.2) is 146 Å². The highest BCUT2D eigenvalue weighted by Gasteiger charge is 2.17. The monoisotopic (exact) mass is 550 g/mol. The molecule has 0 radical (unpaired) electrons. The van der Waals surface area contributed by atoms with Crippen LogP contribution >= 0.6 is 0 Å². The smallest absolute Gasteiger partial charge is 0.222 e. The summed E-state index contributed by atoms with van der Waals surface area (Å²) in [5.41, 5.74) is 0. The number of nitrogens with zero attached hydrogens (tertiary/aromatic N) is 2. The van der Waals surface area contributed by atoms with Crippen LogP contribution in [0, 0.1) is 5.92 Å². The maximum Gasteiger partial charge on any atom is 0.222 e. The normalized spacial score (nSPS) is 16.7. The molecule has 0 aromatic carbocycles. The second-order valence-electron chi connectivity index (χ2n) is 9.97. The Kier molecular flexibility index (Phi) is 22.1. The Morgan fingerprint density at radius 3 is 1.74 bits per heavy atom. The summed E-state index contributed by atoms with van der Waals surface area (Å²) < 4.78 is 41.5. The van der Waals surface area contributed by atoms with Crippen molar-refractivity contribution in [3.8, 4) is 0 Å². The van der Waals surface area contributed by atoms with Crippen LogP contribution in [0.3, 0.4) is 0 Å². The molecule has 2 atom stereocenters. The molecule has 38 heavy (non-hydrogen) atoms. The van der Waals surface area contributed by atoms with Crippen molar-refractivity contribution in [1.82, 2.24) is 20.4 Å². The summed E-state index contributed by atoms with van der Waals surface area (Å²) in [5, 5.41) is 5.98. The van der Waals surface area contributed by atoms with Crippen molar-refractivity contribution in [1.29, 1.82) is 0 Å². The number of carbonyl (C=O) groups is 1. The molecule has 10 nitrogen and oxygen atoms in total. The first-order valence-corrected chi connectivity index (χ1v) is 14.4. The lowest BCUT2D eigenvalue weighted by Crippen LogP contribution is -2.48. The van der Waals surface area contributed by atoms with E-state index in [9.17, 15) is 9.18 Å². The zero-order chi connectivity index (χ0) is 27.8. The Morgan fingerprint density at radius 2 is 1.24 bits per heavy atom. The van der Waals surface area contributed by atoms with Gasteiger partial charge in [0.25, 0.3) is 0 Å². The molecule has 1 amide bonds. The summed E-state index contributed by atoms with van der Waals surface area (Å²) in [5.74, 6) is -0.273. The standard InChI is InChI=1S/C27H55FN4O6/c1-5-25(4)29-6-13-34-16-18-36-20-21-37-19-17-35-14-11-31-7-9-32(10-8-31)12-15-38-23-26(28)22-30-27(33)24(2)3/h24-26,29H,5-23H2,1-4H3,(H,30,33). The van der Waals surface area contributed by atoms with Crippen molar-refractivity contribution in [2.45, 2.75) is 46.3 Å². The molecule has 1 fully saturated rings. The Morgan fingerprint density at radius 1 is 0.763 bits per heavy atom. The SMILES string of the molecule is CCC(C)NCCOCCOCCOCCOCCN1CCN(CCOCC(F)CNC(=O)C(C)C)CC1. The minimum absolute atomic E-state index is 0.00539. The molecule has 11 heteroatoms. The molecule has 1 aliphatic rings.